The van der Waals surface area contributed by atoms with Crippen molar-refractivity contribution < 1.29 is 5.11 Å². The van der Waals surface area contributed by atoms with E-state index in [2.05, 4.69) is 16.7 Å². The third kappa shape index (κ3) is 4.37. The van der Waals surface area contributed by atoms with Crippen molar-refractivity contribution in [2.75, 3.05) is 39.3 Å². The molecule has 4 heteroatoms. The van der Waals surface area contributed by atoms with Gasteiger partial charge in [-0.1, -0.05) is 6.92 Å². The fourth-order valence-corrected chi connectivity index (χ4v) is 2.47. The lowest BCUT2D eigenvalue weighted by Gasteiger charge is -2.41. The summed E-state index contributed by atoms with van der Waals surface area (Å²) in [6, 6.07) is 0.638. The second kappa shape index (κ2) is 7.22. The van der Waals surface area contributed by atoms with Gasteiger partial charge < -0.3 is 10.8 Å². The molecule has 1 rings (SSSR count). The van der Waals surface area contributed by atoms with Gasteiger partial charge in [-0.2, -0.15) is 0 Å². The Morgan fingerprint density at radius 2 is 2.19 bits per heavy atom. The first-order valence-corrected chi connectivity index (χ1v) is 6.51. The Morgan fingerprint density at radius 3 is 2.75 bits per heavy atom. The molecular formula is C12H27N3O. The number of piperazine rings is 1. The first kappa shape index (κ1) is 13.9. The first-order valence-electron chi connectivity index (χ1n) is 6.51. The van der Waals surface area contributed by atoms with Crippen LogP contribution in [-0.2, 0) is 0 Å². The van der Waals surface area contributed by atoms with E-state index in [0.29, 0.717) is 6.04 Å². The normalized spacial score (nSPS) is 25.9. The number of aliphatic hydroxyl groups is 1. The standard InChI is InChI=1S/C12H27N3O/c1-3-12-10-14(9-11(2)16)7-8-15(12)6-4-5-13/h11-12,16H,3-10,13H2,1-2H3. The van der Waals surface area contributed by atoms with Gasteiger partial charge in [-0.25, -0.2) is 0 Å². The molecule has 1 saturated heterocycles. The number of hydrogen-bond acceptors (Lipinski definition) is 4. The molecule has 1 fully saturated rings. The summed E-state index contributed by atoms with van der Waals surface area (Å²) in [5.74, 6) is 0. The highest BCUT2D eigenvalue weighted by atomic mass is 16.3. The Hall–Kier alpha value is -0.160. The highest BCUT2D eigenvalue weighted by Crippen LogP contribution is 2.13. The zero-order valence-corrected chi connectivity index (χ0v) is 10.7. The van der Waals surface area contributed by atoms with Crippen molar-refractivity contribution in [1.29, 1.82) is 0 Å². The Labute approximate surface area is 99.4 Å². The average molecular weight is 229 g/mol. The summed E-state index contributed by atoms with van der Waals surface area (Å²) < 4.78 is 0. The lowest BCUT2D eigenvalue weighted by atomic mass is 10.1. The SMILES string of the molecule is CCC1CN(CC(C)O)CCN1CCCN. The minimum absolute atomic E-state index is 0.215. The maximum Gasteiger partial charge on any atom is 0.0639 e. The molecule has 4 nitrogen and oxygen atoms in total. The van der Waals surface area contributed by atoms with Crippen molar-refractivity contribution in [3.8, 4) is 0 Å². The van der Waals surface area contributed by atoms with Crippen LogP contribution >= 0.6 is 0 Å². The number of rotatable bonds is 6. The fraction of sp³-hybridized carbons (Fsp3) is 1.00. The van der Waals surface area contributed by atoms with Crippen LogP contribution in [0.15, 0.2) is 0 Å². The van der Waals surface area contributed by atoms with Crippen LogP contribution in [0.5, 0.6) is 0 Å². The molecule has 2 atom stereocenters. The van der Waals surface area contributed by atoms with Gasteiger partial charge in [-0.3, -0.25) is 9.80 Å². The molecule has 16 heavy (non-hydrogen) atoms. The van der Waals surface area contributed by atoms with Crippen LogP contribution in [0.2, 0.25) is 0 Å². The van der Waals surface area contributed by atoms with Crippen LogP contribution in [0.1, 0.15) is 26.7 Å². The summed E-state index contributed by atoms with van der Waals surface area (Å²) in [4.78, 5) is 4.92. The predicted octanol–water partition coefficient (Wildman–Crippen LogP) is 0.112. The van der Waals surface area contributed by atoms with Gasteiger partial charge in [0.15, 0.2) is 0 Å². The highest BCUT2D eigenvalue weighted by molar-refractivity contribution is 4.81. The van der Waals surface area contributed by atoms with Crippen molar-refractivity contribution in [1.82, 2.24) is 9.80 Å². The maximum atomic E-state index is 9.40. The number of aliphatic hydroxyl groups excluding tert-OH is 1. The molecule has 0 aromatic rings. The monoisotopic (exact) mass is 229 g/mol. The van der Waals surface area contributed by atoms with E-state index in [1.165, 1.54) is 6.42 Å². The van der Waals surface area contributed by atoms with Gasteiger partial charge in [0.05, 0.1) is 6.10 Å². The summed E-state index contributed by atoms with van der Waals surface area (Å²) in [5, 5.41) is 9.40. The van der Waals surface area contributed by atoms with Gasteiger partial charge in [0.1, 0.15) is 0 Å². The molecule has 0 aliphatic carbocycles. The van der Waals surface area contributed by atoms with E-state index in [1.807, 2.05) is 6.92 Å². The van der Waals surface area contributed by atoms with E-state index < -0.39 is 0 Å². The van der Waals surface area contributed by atoms with Crippen LogP contribution in [0, 0.1) is 0 Å². The number of nitrogens with zero attached hydrogens (tertiary/aromatic N) is 2. The van der Waals surface area contributed by atoms with Crippen LogP contribution in [-0.4, -0.2) is 66.3 Å². The number of hydrogen-bond donors (Lipinski definition) is 2. The van der Waals surface area contributed by atoms with E-state index in [4.69, 9.17) is 5.73 Å². The summed E-state index contributed by atoms with van der Waals surface area (Å²) in [7, 11) is 0. The van der Waals surface area contributed by atoms with Gasteiger partial charge in [0, 0.05) is 32.2 Å². The largest absolute Gasteiger partial charge is 0.392 e. The Morgan fingerprint density at radius 1 is 1.44 bits per heavy atom. The molecule has 0 radical (unpaired) electrons. The topological polar surface area (TPSA) is 52.7 Å². The fourth-order valence-electron chi connectivity index (χ4n) is 2.47. The Balaban J connectivity index is 2.37. The van der Waals surface area contributed by atoms with Crippen molar-refractivity contribution in [3.05, 3.63) is 0 Å². The third-order valence-corrected chi connectivity index (χ3v) is 3.33. The summed E-state index contributed by atoms with van der Waals surface area (Å²) in [5.41, 5.74) is 5.56. The maximum absolute atomic E-state index is 9.40. The third-order valence-electron chi connectivity index (χ3n) is 3.33. The quantitative estimate of drug-likeness (QED) is 0.679. The van der Waals surface area contributed by atoms with E-state index in [9.17, 15) is 5.11 Å². The minimum Gasteiger partial charge on any atom is -0.392 e. The lowest BCUT2D eigenvalue weighted by molar-refractivity contribution is 0.0431. The molecule has 1 aliphatic heterocycles. The zero-order valence-electron chi connectivity index (χ0n) is 10.7. The molecular weight excluding hydrogens is 202 g/mol. The number of β-amino-alcohol motifs (C(OH)–C–C–N with tert-alkyl or cyclic N) is 1. The molecule has 96 valence electrons. The second-order valence-corrected chi connectivity index (χ2v) is 4.85. The molecule has 0 spiro atoms. The lowest BCUT2D eigenvalue weighted by Crippen LogP contribution is -2.54. The smallest absolute Gasteiger partial charge is 0.0639 e. The van der Waals surface area contributed by atoms with Crippen molar-refractivity contribution in [2.45, 2.75) is 38.8 Å². The van der Waals surface area contributed by atoms with Gasteiger partial charge in [-0.05, 0) is 32.9 Å². The van der Waals surface area contributed by atoms with Crippen LogP contribution in [0.25, 0.3) is 0 Å². The summed E-state index contributed by atoms with van der Waals surface area (Å²) in [6.45, 7) is 10.1. The first-order chi connectivity index (χ1) is 7.67. The molecule has 0 saturated carbocycles. The Kier molecular flexibility index (Phi) is 6.28. The molecule has 1 aliphatic rings. The van der Waals surface area contributed by atoms with E-state index in [-0.39, 0.29) is 6.10 Å². The molecule has 0 amide bonds. The molecule has 3 N–H and O–H groups in total. The van der Waals surface area contributed by atoms with Crippen LogP contribution in [0.4, 0.5) is 0 Å². The van der Waals surface area contributed by atoms with Gasteiger partial charge in [0.25, 0.3) is 0 Å². The zero-order chi connectivity index (χ0) is 12.0. The highest BCUT2D eigenvalue weighted by Gasteiger charge is 2.25. The van der Waals surface area contributed by atoms with Crippen molar-refractivity contribution in [3.63, 3.8) is 0 Å². The van der Waals surface area contributed by atoms with Gasteiger partial charge in [0.2, 0.25) is 0 Å². The summed E-state index contributed by atoms with van der Waals surface area (Å²) >= 11 is 0. The van der Waals surface area contributed by atoms with E-state index in [1.54, 1.807) is 0 Å². The van der Waals surface area contributed by atoms with Crippen molar-refractivity contribution in [2.24, 2.45) is 5.73 Å². The van der Waals surface area contributed by atoms with E-state index in [0.717, 1.165) is 45.7 Å². The van der Waals surface area contributed by atoms with Crippen LogP contribution in [0.3, 0.4) is 0 Å². The Bertz CT molecular complexity index is 187. The molecule has 2 unspecified atom stereocenters. The minimum atomic E-state index is -0.215. The molecule has 0 aromatic heterocycles. The molecule has 0 bridgehead atoms. The average Bonchev–Trinajstić information content (AvgIpc) is 2.26. The van der Waals surface area contributed by atoms with Gasteiger partial charge in [-0.15, -0.1) is 0 Å². The molecule has 0 aromatic carbocycles. The van der Waals surface area contributed by atoms with E-state index >= 15 is 0 Å². The predicted molar refractivity (Wildman–Crippen MR) is 67.4 cm³/mol. The van der Waals surface area contributed by atoms with Crippen molar-refractivity contribution >= 4 is 0 Å². The van der Waals surface area contributed by atoms with Crippen LogP contribution < -0.4 is 5.73 Å². The number of nitrogens with two attached hydrogens (primary N) is 1. The van der Waals surface area contributed by atoms with Gasteiger partial charge >= 0.3 is 0 Å². The summed E-state index contributed by atoms with van der Waals surface area (Å²) in [6.07, 6.45) is 2.06. The second-order valence-electron chi connectivity index (χ2n) is 4.85. The molecule has 1 heterocycles.